The van der Waals surface area contributed by atoms with Gasteiger partial charge in [0.05, 0.1) is 0 Å². The summed E-state index contributed by atoms with van der Waals surface area (Å²) in [5.41, 5.74) is 4.50. The van der Waals surface area contributed by atoms with E-state index in [1.54, 1.807) is 10.7 Å². The summed E-state index contributed by atoms with van der Waals surface area (Å²) in [5.74, 6) is 0. The Kier molecular flexibility index (Phi) is 2.79. The number of rotatable bonds is 1. The first kappa shape index (κ1) is 11.6. The van der Waals surface area contributed by atoms with Gasteiger partial charge in [0.15, 0.2) is 0 Å². The lowest BCUT2D eigenvalue weighted by Crippen LogP contribution is -2.11. The van der Waals surface area contributed by atoms with E-state index in [1.807, 2.05) is 0 Å². The monoisotopic (exact) mass is 250 g/mol. The second-order valence-corrected chi connectivity index (χ2v) is 7.65. The van der Waals surface area contributed by atoms with E-state index >= 15 is 0 Å². The van der Waals surface area contributed by atoms with Gasteiger partial charge < -0.3 is 0 Å². The number of allylic oxidation sites excluding steroid dienone is 1. The Hall–Kier alpha value is -1.47. The van der Waals surface area contributed by atoms with Crippen LogP contribution in [0.2, 0.25) is 13.1 Å². The summed E-state index contributed by atoms with van der Waals surface area (Å²) >= 11 is 0. The molecular weight excluding hydrogens is 232 g/mol. The maximum Gasteiger partial charge on any atom is 0.0140 e. The first-order chi connectivity index (χ1) is 8.72. The van der Waals surface area contributed by atoms with E-state index in [9.17, 15) is 0 Å². The summed E-state index contributed by atoms with van der Waals surface area (Å²) < 4.78 is 0. The highest BCUT2D eigenvalue weighted by atomic mass is 28.2. The molecule has 0 spiro atoms. The summed E-state index contributed by atoms with van der Waals surface area (Å²) in [6, 6.07) is 13.3. The quantitative estimate of drug-likeness (QED) is 0.654. The second kappa shape index (κ2) is 4.32. The van der Waals surface area contributed by atoms with E-state index < -0.39 is 8.41 Å². The molecule has 0 fully saturated rings. The summed E-state index contributed by atoms with van der Waals surface area (Å²) in [6.45, 7) is 7.06. The van der Waals surface area contributed by atoms with Crippen molar-refractivity contribution in [1.29, 1.82) is 0 Å². The van der Waals surface area contributed by atoms with Gasteiger partial charge in [-0.25, -0.2) is 0 Å². The molecule has 0 atom stereocenters. The van der Waals surface area contributed by atoms with Crippen molar-refractivity contribution >= 4 is 30.4 Å². The van der Waals surface area contributed by atoms with Gasteiger partial charge in [-0.15, -0.1) is 0 Å². The largest absolute Gasteiger partial charge is 0.0616 e. The van der Waals surface area contributed by atoms with Gasteiger partial charge in [-0.05, 0) is 39.1 Å². The highest BCUT2D eigenvalue weighted by Gasteiger charge is 2.19. The van der Waals surface area contributed by atoms with E-state index in [4.69, 9.17) is 0 Å². The Morgan fingerprint density at radius 1 is 1.00 bits per heavy atom. The first-order valence-corrected chi connectivity index (χ1v) is 9.13. The van der Waals surface area contributed by atoms with Crippen molar-refractivity contribution in [1.82, 2.24) is 0 Å². The fourth-order valence-corrected chi connectivity index (χ4v) is 4.61. The van der Waals surface area contributed by atoms with E-state index in [1.165, 1.54) is 21.9 Å². The van der Waals surface area contributed by atoms with Crippen LogP contribution in [0.5, 0.6) is 0 Å². The molecule has 0 bridgehead atoms. The third-order valence-electron chi connectivity index (χ3n) is 3.76. The standard InChI is InChI=1S/C17H18Si/c1-4-12-11-16-14-8-6-5-7-13(14)9-10-15(16)17(12)18(2)3/h5-11H,4H2,1-3H3. The number of fused-ring (bicyclic) bond motifs is 3. The van der Waals surface area contributed by atoms with Gasteiger partial charge in [0.25, 0.3) is 0 Å². The zero-order valence-electron chi connectivity index (χ0n) is 11.2. The molecule has 3 rings (SSSR count). The Morgan fingerprint density at radius 2 is 1.78 bits per heavy atom. The van der Waals surface area contributed by atoms with Crippen molar-refractivity contribution < 1.29 is 0 Å². The molecule has 0 heterocycles. The normalized spacial score (nSPS) is 13.7. The molecule has 0 amide bonds. The minimum atomic E-state index is -0.404. The fraction of sp³-hybridized carbons (Fsp3) is 0.235. The van der Waals surface area contributed by atoms with E-state index in [-0.39, 0.29) is 0 Å². The Labute approximate surface area is 110 Å². The molecule has 0 aliphatic heterocycles. The van der Waals surface area contributed by atoms with Gasteiger partial charge >= 0.3 is 0 Å². The molecule has 0 radical (unpaired) electrons. The Morgan fingerprint density at radius 3 is 2.50 bits per heavy atom. The lowest BCUT2D eigenvalue weighted by Gasteiger charge is -2.09. The van der Waals surface area contributed by atoms with Crippen LogP contribution in [0.1, 0.15) is 24.5 Å². The third kappa shape index (κ3) is 1.62. The first-order valence-electron chi connectivity index (χ1n) is 6.63. The average Bonchev–Trinajstić information content (AvgIpc) is 2.77. The number of hydrogen-bond donors (Lipinski definition) is 0. The van der Waals surface area contributed by atoms with Crippen LogP contribution in [0.25, 0.3) is 16.8 Å². The lowest BCUT2D eigenvalue weighted by atomic mass is 10.0. The molecule has 1 heteroatoms. The molecule has 0 saturated heterocycles. The van der Waals surface area contributed by atoms with Crippen LogP contribution in [0, 0.1) is 0 Å². The molecule has 0 N–H and O–H groups in total. The predicted molar refractivity (Wildman–Crippen MR) is 83.8 cm³/mol. The van der Waals surface area contributed by atoms with Crippen molar-refractivity contribution in [2.24, 2.45) is 0 Å². The van der Waals surface area contributed by atoms with Gasteiger partial charge in [0, 0.05) is 8.41 Å². The molecule has 18 heavy (non-hydrogen) atoms. The average molecular weight is 250 g/mol. The maximum absolute atomic E-state index is 2.42. The number of benzene rings is 2. The Bertz CT molecular complexity index is 686. The van der Waals surface area contributed by atoms with Crippen LogP contribution in [-0.2, 0) is 0 Å². The zero-order valence-corrected chi connectivity index (χ0v) is 12.2. The molecule has 2 aromatic carbocycles. The van der Waals surface area contributed by atoms with Gasteiger partial charge in [0.2, 0.25) is 0 Å². The highest BCUT2D eigenvalue weighted by molar-refractivity contribution is 6.75. The van der Waals surface area contributed by atoms with Crippen LogP contribution >= 0.6 is 0 Å². The highest BCUT2D eigenvalue weighted by Crippen LogP contribution is 2.33. The van der Waals surface area contributed by atoms with Crippen LogP contribution < -0.4 is 0 Å². The smallest absolute Gasteiger partial charge is 0.0140 e. The van der Waals surface area contributed by atoms with Crippen molar-refractivity contribution in [3.8, 4) is 0 Å². The molecule has 0 aromatic heterocycles. The van der Waals surface area contributed by atoms with E-state index in [2.05, 4.69) is 62.5 Å². The summed E-state index contributed by atoms with van der Waals surface area (Å²) in [7, 11) is -0.404. The van der Waals surface area contributed by atoms with Crippen LogP contribution in [0.4, 0.5) is 0 Å². The second-order valence-electron chi connectivity index (χ2n) is 5.15. The molecule has 0 nitrogen and oxygen atoms in total. The molecule has 90 valence electrons. The van der Waals surface area contributed by atoms with Crippen molar-refractivity contribution in [3.63, 3.8) is 0 Å². The minimum Gasteiger partial charge on any atom is -0.0616 e. The lowest BCUT2D eigenvalue weighted by molar-refractivity contribution is 1.19. The summed E-state index contributed by atoms with van der Waals surface area (Å²) in [4.78, 5) is 0. The molecule has 0 unspecified atom stereocenters. The van der Waals surface area contributed by atoms with Crippen molar-refractivity contribution in [3.05, 3.63) is 53.1 Å². The minimum absolute atomic E-state index is 0.404. The fourth-order valence-electron chi connectivity index (χ4n) is 2.96. The summed E-state index contributed by atoms with van der Waals surface area (Å²) in [6.07, 6.45) is 3.57. The SMILES string of the molecule is CCC1=Cc2c(ccc3ccccc23)C1=[Si](C)C. The van der Waals surface area contributed by atoms with Crippen molar-refractivity contribution in [2.75, 3.05) is 0 Å². The van der Waals surface area contributed by atoms with E-state index in [0.717, 1.165) is 6.42 Å². The van der Waals surface area contributed by atoms with Gasteiger partial charge in [-0.2, -0.15) is 0 Å². The van der Waals surface area contributed by atoms with Crippen molar-refractivity contribution in [2.45, 2.75) is 26.4 Å². The van der Waals surface area contributed by atoms with Crippen LogP contribution in [0.15, 0.2) is 42.0 Å². The van der Waals surface area contributed by atoms with Crippen LogP contribution in [-0.4, -0.2) is 13.6 Å². The molecule has 1 aliphatic carbocycles. The Balaban J connectivity index is 2.38. The van der Waals surface area contributed by atoms with Gasteiger partial charge in [-0.3, -0.25) is 0 Å². The predicted octanol–water partition coefficient (Wildman–Crippen LogP) is 4.50. The summed E-state index contributed by atoms with van der Waals surface area (Å²) in [5, 5.41) is 4.40. The molecule has 1 aliphatic rings. The zero-order chi connectivity index (χ0) is 12.7. The van der Waals surface area contributed by atoms with Gasteiger partial charge in [-0.1, -0.05) is 62.5 Å². The maximum atomic E-state index is 2.42. The molecular formula is C17H18Si. The topological polar surface area (TPSA) is 0 Å². The van der Waals surface area contributed by atoms with E-state index in [0.29, 0.717) is 0 Å². The number of hydrogen-bond acceptors (Lipinski definition) is 0. The molecule has 2 aromatic rings. The molecule has 0 saturated carbocycles. The third-order valence-corrected chi connectivity index (χ3v) is 5.35. The van der Waals surface area contributed by atoms with Crippen LogP contribution in [0.3, 0.4) is 0 Å². The van der Waals surface area contributed by atoms with Gasteiger partial charge in [0.1, 0.15) is 0 Å².